The second kappa shape index (κ2) is 3.17. The van der Waals surface area contributed by atoms with Crippen molar-refractivity contribution >= 4 is 22.0 Å². The highest BCUT2D eigenvalue weighted by Gasteiger charge is 2.45. The number of cyclic esters (lactones) is 1. The summed E-state index contributed by atoms with van der Waals surface area (Å²) in [5.74, 6) is -0.404. The first-order valence-electron chi connectivity index (χ1n) is 4.33. The lowest BCUT2D eigenvalue weighted by Crippen LogP contribution is -2.61. The smallest absolute Gasteiger partial charge is 0.417 e. The number of imide groups is 1. The van der Waals surface area contributed by atoms with Gasteiger partial charge in [-0.1, -0.05) is 0 Å². The fourth-order valence-corrected chi connectivity index (χ4v) is 2.45. The molecule has 0 aromatic carbocycles. The molecule has 2 saturated heterocycles. The first-order valence-corrected chi connectivity index (χ1v) is 6.18. The number of hydrogen-bond acceptors (Lipinski definition) is 5. The molecule has 0 radical (unpaired) electrons. The molecule has 2 rings (SSSR count). The van der Waals surface area contributed by atoms with Crippen LogP contribution in [-0.2, 0) is 19.6 Å². The molecule has 0 bridgehead atoms. The van der Waals surface area contributed by atoms with Gasteiger partial charge in [-0.25, -0.2) is 18.1 Å². The lowest BCUT2D eigenvalue weighted by atomic mass is 10.1. The zero-order valence-electron chi connectivity index (χ0n) is 8.04. The Balaban J connectivity index is 2.00. The van der Waals surface area contributed by atoms with Crippen LogP contribution in [0.4, 0.5) is 4.79 Å². The zero-order valence-corrected chi connectivity index (χ0v) is 8.86. The quantitative estimate of drug-likeness (QED) is 0.587. The SMILES string of the molecule is CS(=O)(=O)N1CC(N2C(=O)COC2=O)C1. The summed E-state index contributed by atoms with van der Waals surface area (Å²) < 4.78 is 27.8. The van der Waals surface area contributed by atoms with Crippen molar-refractivity contribution in [1.29, 1.82) is 0 Å². The highest BCUT2D eigenvalue weighted by molar-refractivity contribution is 7.88. The lowest BCUT2D eigenvalue weighted by Gasteiger charge is -2.40. The molecule has 0 atom stereocenters. The van der Waals surface area contributed by atoms with Crippen LogP contribution in [0.25, 0.3) is 0 Å². The van der Waals surface area contributed by atoms with Crippen LogP contribution in [0, 0.1) is 0 Å². The van der Waals surface area contributed by atoms with Gasteiger partial charge in [0.2, 0.25) is 10.0 Å². The largest absolute Gasteiger partial charge is 0.439 e. The molecule has 2 aliphatic heterocycles. The molecule has 0 aromatic heterocycles. The molecule has 8 heteroatoms. The molecule has 0 spiro atoms. The molecule has 7 nitrogen and oxygen atoms in total. The van der Waals surface area contributed by atoms with Gasteiger partial charge in [0, 0.05) is 13.1 Å². The molecule has 2 aliphatic rings. The number of nitrogens with zero attached hydrogens (tertiary/aromatic N) is 2. The van der Waals surface area contributed by atoms with Crippen LogP contribution in [0.5, 0.6) is 0 Å². The number of hydrogen-bond donors (Lipinski definition) is 0. The van der Waals surface area contributed by atoms with E-state index in [0.717, 1.165) is 11.2 Å². The van der Waals surface area contributed by atoms with Crippen LogP contribution < -0.4 is 0 Å². The number of carbonyl (C=O) groups is 2. The van der Waals surface area contributed by atoms with E-state index < -0.39 is 22.0 Å². The second-order valence-electron chi connectivity index (χ2n) is 3.55. The average molecular weight is 234 g/mol. The van der Waals surface area contributed by atoms with E-state index >= 15 is 0 Å². The van der Waals surface area contributed by atoms with Gasteiger partial charge in [-0.05, 0) is 0 Å². The molecular formula is C7H10N2O5S. The van der Waals surface area contributed by atoms with Crippen molar-refractivity contribution in [2.75, 3.05) is 26.0 Å². The topological polar surface area (TPSA) is 84.0 Å². The highest BCUT2D eigenvalue weighted by Crippen LogP contribution is 2.21. The van der Waals surface area contributed by atoms with Gasteiger partial charge >= 0.3 is 6.09 Å². The average Bonchev–Trinajstić information content (AvgIpc) is 2.29. The molecule has 0 aliphatic carbocycles. The Labute approximate surface area is 86.6 Å². The minimum atomic E-state index is -3.22. The minimum Gasteiger partial charge on any atom is -0.439 e. The summed E-state index contributed by atoms with van der Waals surface area (Å²) in [5.41, 5.74) is 0. The Morgan fingerprint density at radius 1 is 1.33 bits per heavy atom. The van der Waals surface area contributed by atoms with Crippen LogP contribution in [0.2, 0.25) is 0 Å². The van der Waals surface area contributed by atoms with Gasteiger partial charge in [0.25, 0.3) is 5.91 Å². The molecule has 0 aromatic rings. The first-order chi connectivity index (χ1) is 6.89. The minimum absolute atomic E-state index is 0.166. The summed E-state index contributed by atoms with van der Waals surface area (Å²) in [5, 5.41) is 0. The maximum Gasteiger partial charge on any atom is 0.417 e. The molecule has 0 N–H and O–H groups in total. The van der Waals surface area contributed by atoms with Crippen molar-refractivity contribution in [1.82, 2.24) is 9.21 Å². The van der Waals surface area contributed by atoms with E-state index in [2.05, 4.69) is 4.74 Å². The summed E-state index contributed by atoms with van der Waals surface area (Å²) in [7, 11) is -3.22. The molecule has 0 unspecified atom stereocenters. The van der Waals surface area contributed by atoms with Crippen LogP contribution >= 0.6 is 0 Å². The van der Waals surface area contributed by atoms with E-state index in [-0.39, 0.29) is 25.7 Å². The van der Waals surface area contributed by atoms with Crippen molar-refractivity contribution in [3.8, 4) is 0 Å². The predicted octanol–water partition coefficient (Wildman–Crippen LogP) is -1.39. The number of carbonyl (C=O) groups excluding carboxylic acids is 2. The van der Waals surface area contributed by atoms with Crippen LogP contribution in [-0.4, -0.2) is 61.6 Å². The number of rotatable bonds is 2. The van der Waals surface area contributed by atoms with Crippen molar-refractivity contribution in [3.05, 3.63) is 0 Å². The highest BCUT2D eigenvalue weighted by atomic mass is 32.2. The fourth-order valence-electron chi connectivity index (χ4n) is 1.57. The lowest BCUT2D eigenvalue weighted by molar-refractivity contribution is -0.128. The molecule has 2 heterocycles. The third kappa shape index (κ3) is 1.70. The summed E-state index contributed by atoms with van der Waals surface area (Å²) in [6.45, 7) is 0.0908. The van der Waals surface area contributed by atoms with E-state index in [1.54, 1.807) is 0 Å². The first kappa shape index (κ1) is 10.4. The van der Waals surface area contributed by atoms with Gasteiger partial charge in [-0.15, -0.1) is 0 Å². The van der Waals surface area contributed by atoms with Crippen molar-refractivity contribution < 1.29 is 22.7 Å². The van der Waals surface area contributed by atoms with E-state index in [1.165, 1.54) is 4.31 Å². The van der Waals surface area contributed by atoms with Crippen molar-refractivity contribution in [3.63, 3.8) is 0 Å². The Kier molecular flexibility index (Phi) is 2.19. The Bertz CT molecular complexity index is 395. The van der Waals surface area contributed by atoms with E-state index in [0.29, 0.717) is 0 Å². The number of sulfonamides is 1. The van der Waals surface area contributed by atoms with Gasteiger partial charge in [0.15, 0.2) is 6.61 Å². The van der Waals surface area contributed by atoms with Crippen molar-refractivity contribution in [2.24, 2.45) is 0 Å². The monoisotopic (exact) mass is 234 g/mol. The normalized spacial score (nSPS) is 24.2. The summed E-state index contributed by atoms with van der Waals surface area (Å²) >= 11 is 0. The Morgan fingerprint density at radius 3 is 2.33 bits per heavy atom. The predicted molar refractivity (Wildman–Crippen MR) is 48.4 cm³/mol. The van der Waals surface area contributed by atoms with Gasteiger partial charge in [-0.2, -0.15) is 4.31 Å². The summed E-state index contributed by atoms with van der Waals surface area (Å²) in [6.07, 6.45) is 0.408. The third-order valence-electron chi connectivity index (χ3n) is 2.45. The number of ether oxygens (including phenoxy) is 1. The van der Waals surface area contributed by atoms with Crippen LogP contribution in [0.3, 0.4) is 0 Å². The fraction of sp³-hybridized carbons (Fsp3) is 0.714. The maximum atomic E-state index is 11.2. The van der Waals surface area contributed by atoms with Gasteiger partial charge in [-0.3, -0.25) is 4.79 Å². The molecular weight excluding hydrogens is 224 g/mol. The van der Waals surface area contributed by atoms with Gasteiger partial charge < -0.3 is 4.74 Å². The van der Waals surface area contributed by atoms with E-state index in [9.17, 15) is 18.0 Å². The second-order valence-corrected chi connectivity index (χ2v) is 5.53. The molecule has 15 heavy (non-hydrogen) atoms. The van der Waals surface area contributed by atoms with E-state index in [4.69, 9.17) is 0 Å². The molecule has 2 fully saturated rings. The summed E-state index contributed by atoms with van der Waals surface area (Å²) in [6, 6.07) is -0.373. The third-order valence-corrected chi connectivity index (χ3v) is 3.68. The summed E-state index contributed by atoms with van der Waals surface area (Å²) in [4.78, 5) is 23.3. The zero-order chi connectivity index (χ0) is 11.2. The Morgan fingerprint density at radius 2 is 1.93 bits per heavy atom. The Hall–Kier alpha value is -1.15. The standard InChI is InChI=1S/C7H10N2O5S/c1-15(12,13)8-2-5(3-8)9-6(10)4-14-7(9)11/h5H,2-4H2,1H3. The molecule has 0 saturated carbocycles. The van der Waals surface area contributed by atoms with Crippen molar-refractivity contribution in [2.45, 2.75) is 6.04 Å². The molecule has 2 amide bonds. The molecule has 84 valence electrons. The van der Waals surface area contributed by atoms with Gasteiger partial charge in [0.1, 0.15) is 0 Å². The van der Waals surface area contributed by atoms with E-state index in [1.807, 2.05) is 0 Å². The maximum absolute atomic E-state index is 11.2. The van der Waals surface area contributed by atoms with Crippen LogP contribution in [0.1, 0.15) is 0 Å². The van der Waals surface area contributed by atoms with Crippen LogP contribution in [0.15, 0.2) is 0 Å². The van der Waals surface area contributed by atoms with Gasteiger partial charge in [0.05, 0.1) is 12.3 Å². The number of amides is 2.